The van der Waals surface area contributed by atoms with Crippen LogP contribution in [0.3, 0.4) is 0 Å². The molecule has 0 saturated heterocycles. The molecule has 2 rings (SSSR count). The Morgan fingerprint density at radius 1 is 1.10 bits per heavy atom. The number of amides is 1. The maximum atomic E-state index is 13.0. The van der Waals surface area contributed by atoms with Gasteiger partial charge in [0.2, 0.25) is 5.91 Å². The zero-order chi connectivity index (χ0) is 15.2. The van der Waals surface area contributed by atoms with Gasteiger partial charge in [-0.25, -0.2) is 8.78 Å². The third-order valence-electron chi connectivity index (χ3n) is 2.98. The highest BCUT2D eigenvalue weighted by atomic mass is 19.1. The molecule has 0 heterocycles. The number of para-hydroxylation sites is 1. The summed E-state index contributed by atoms with van der Waals surface area (Å²) >= 11 is 0. The summed E-state index contributed by atoms with van der Waals surface area (Å²) in [4.78, 5) is 11.8. The van der Waals surface area contributed by atoms with E-state index in [1.807, 2.05) is 31.2 Å². The van der Waals surface area contributed by atoms with Crippen LogP contribution < -0.4 is 10.6 Å². The summed E-state index contributed by atoms with van der Waals surface area (Å²) in [5.74, 6) is -1.82. The molecule has 0 saturated carbocycles. The number of hydrogen-bond acceptors (Lipinski definition) is 2. The normalized spacial score (nSPS) is 10.2. The topological polar surface area (TPSA) is 41.1 Å². The molecule has 5 heteroatoms. The molecule has 2 N–H and O–H groups in total. The van der Waals surface area contributed by atoms with Gasteiger partial charge in [0.25, 0.3) is 0 Å². The number of benzene rings is 2. The van der Waals surface area contributed by atoms with E-state index in [1.165, 1.54) is 0 Å². The first kappa shape index (κ1) is 15.0. The second-order valence-corrected chi connectivity index (χ2v) is 4.57. The minimum absolute atomic E-state index is 0.0230. The fraction of sp³-hybridized carbons (Fsp3) is 0.188. The van der Waals surface area contributed by atoms with Crippen molar-refractivity contribution in [2.24, 2.45) is 0 Å². The average Bonchev–Trinajstić information content (AvgIpc) is 2.44. The maximum Gasteiger partial charge on any atom is 0.243 e. The van der Waals surface area contributed by atoms with Gasteiger partial charge in [0.05, 0.1) is 6.54 Å². The van der Waals surface area contributed by atoms with Gasteiger partial charge in [0, 0.05) is 17.4 Å². The van der Waals surface area contributed by atoms with Crippen molar-refractivity contribution in [2.45, 2.75) is 13.3 Å². The summed E-state index contributed by atoms with van der Waals surface area (Å²) in [7, 11) is 0. The fourth-order valence-electron chi connectivity index (χ4n) is 2.01. The maximum absolute atomic E-state index is 13.0. The number of carbonyl (C=O) groups excluding carboxylic acids is 1. The molecule has 110 valence electrons. The van der Waals surface area contributed by atoms with Gasteiger partial charge < -0.3 is 10.6 Å². The van der Waals surface area contributed by atoms with Gasteiger partial charge in [0.1, 0.15) is 11.6 Å². The predicted molar refractivity (Wildman–Crippen MR) is 79.3 cm³/mol. The summed E-state index contributed by atoms with van der Waals surface area (Å²) in [5.41, 5.74) is 2.07. The number of rotatable bonds is 5. The van der Waals surface area contributed by atoms with Gasteiger partial charge in [-0.05, 0) is 30.2 Å². The number of halogens is 2. The summed E-state index contributed by atoms with van der Waals surface area (Å²) in [6.07, 6.45) is 0.847. The SMILES string of the molecule is CCc1ccccc1NCC(=O)Nc1cc(F)cc(F)c1. The van der Waals surface area contributed by atoms with Crippen LogP contribution in [-0.4, -0.2) is 12.5 Å². The molecule has 0 fully saturated rings. The highest BCUT2D eigenvalue weighted by Crippen LogP contribution is 2.16. The molecule has 0 aliphatic rings. The van der Waals surface area contributed by atoms with Crippen LogP contribution in [0.1, 0.15) is 12.5 Å². The Kier molecular flexibility index (Phi) is 4.87. The molecule has 1 amide bonds. The second-order valence-electron chi connectivity index (χ2n) is 4.57. The van der Waals surface area contributed by atoms with Crippen molar-refractivity contribution >= 4 is 17.3 Å². The molecular formula is C16H16F2N2O. The van der Waals surface area contributed by atoms with Crippen molar-refractivity contribution in [1.29, 1.82) is 0 Å². The van der Waals surface area contributed by atoms with Crippen molar-refractivity contribution in [2.75, 3.05) is 17.2 Å². The third kappa shape index (κ3) is 4.27. The molecule has 0 aliphatic carbocycles. The lowest BCUT2D eigenvalue weighted by molar-refractivity contribution is -0.114. The largest absolute Gasteiger partial charge is 0.376 e. The summed E-state index contributed by atoms with van der Waals surface area (Å²) in [6, 6.07) is 10.6. The van der Waals surface area contributed by atoms with Crippen LogP contribution in [0, 0.1) is 11.6 Å². The smallest absolute Gasteiger partial charge is 0.243 e. The van der Waals surface area contributed by atoms with Crippen LogP contribution in [0.2, 0.25) is 0 Å². The van der Waals surface area contributed by atoms with Crippen molar-refractivity contribution in [1.82, 2.24) is 0 Å². The number of anilines is 2. The van der Waals surface area contributed by atoms with Crippen LogP contribution in [-0.2, 0) is 11.2 Å². The molecule has 0 radical (unpaired) electrons. The first-order valence-corrected chi connectivity index (χ1v) is 6.66. The van der Waals surface area contributed by atoms with E-state index in [-0.39, 0.29) is 18.1 Å². The minimum atomic E-state index is -0.727. The van der Waals surface area contributed by atoms with Crippen molar-refractivity contribution in [3.63, 3.8) is 0 Å². The molecule has 2 aromatic carbocycles. The third-order valence-corrected chi connectivity index (χ3v) is 2.98. The van der Waals surface area contributed by atoms with E-state index in [0.29, 0.717) is 0 Å². The van der Waals surface area contributed by atoms with Gasteiger partial charge in [-0.1, -0.05) is 25.1 Å². The van der Waals surface area contributed by atoms with Crippen LogP contribution >= 0.6 is 0 Å². The van der Waals surface area contributed by atoms with Gasteiger partial charge >= 0.3 is 0 Å². The average molecular weight is 290 g/mol. The molecule has 21 heavy (non-hydrogen) atoms. The first-order valence-electron chi connectivity index (χ1n) is 6.66. The number of nitrogens with one attached hydrogen (secondary N) is 2. The lowest BCUT2D eigenvalue weighted by atomic mass is 10.1. The van der Waals surface area contributed by atoms with E-state index >= 15 is 0 Å². The Morgan fingerprint density at radius 2 is 1.76 bits per heavy atom. The van der Waals surface area contributed by atoms with E-state index in [4.69, 9.17) is 0 Å². The van der Waals surface area contributed by atoms with Crippen molar-refractivity contribution in [3.8, 4) is 0 Å². The van der Waals surface area contributed by atoms with E-state index in [1.54, 1.807) is 0 Å². The molecule has 0 unspecified atom stereocenters. The summed E-state index contributed by atoms with van der Waals surface area (Å²) in [5, 5.41) is 5.46. The van der Waals surface area contributed by atoms with Gasteiger partial charge in [-0.3, -0.25) is 4.79 Å². The molecule has 0 atom stereocenters. The van der Waals surface area contributed by atoms with E-state index in [2.05, 4.69) is 10.6 Å². The van der Waals surface area contributed by atoms with E-state index in [9.17, 15) is 13.6 Å². The molecule has 0 aromatic heterocycles. The monoisotopic (exact) mass is 290 g/mol. The molecule has 3 nitrogen and oxygen atoms in total. The molecule has 2 aromatic rings. The highest BCUT2D eigenvalue weighted by Gasteiger charge is 2.06. The second kappa shape index (κ2) is 6.83. The minimum Gasteiger partial charge on any atom is -0.376 e. The highest BCUT2D eigenvalue weighted by molar-refractivity contribution is 5.93. The molecule has 0 spiro atoms. The van der Waals surface area contributed by atoms with Gasteiger partial charge in [-0.15, -0.1) is 0 Å². The van der Waals surface area contributed by atoms with Crippen LogP contribution in [0.5, 0.6) is 0 Å². The number of carbonyl (C=O) groups is 1. The van der Waals surface area contributed by atoms with E-state index < -0.39 is 11.6 Å². The standard InChI is InChI=1S/C16H16F2N2O/c1-2-11-5-3-4-6-15(11)19-10-16(21)20-14-8-12(17)7-13(18)9-14/h3-9,19H,2,10H2,1H3,(H,20,21). The van der Waals surface area contributed by atoms with Gasteiger partial charge in [0.15, 0.2) is 0 Å². The van der Waals surface area contributed by atoms with Crippen LogP contribution in [0.25, 0.3) is 0 Å². The Balaban J connectivity index is 1.96. The van der Waals surface area contributed by atoms with Crippen molar-refractivity contribution < 1.29 is 13.6 Å². The molecule has 0 bridgehead atoms. The predicted octanol–water partition coefficient (Wildman–Crippen LogP) is 3.58. The Bertz CT molecular complexity index is 624. The van der Waals surface area contributed by atoms with Crippen LogP contribution in [0.15, 0.2) is 42.5 Å². The molecule has 0 aliphatic heterocycles. The fourth-order valence-corrected chi connectivity index (χ4v) is 2.01. The Hall–Kier alpha value is -2.43. The van der Waals surface area contributed by atoms with Crippen LogP contribution in [0.4, 0.5) is 20.2 Å². The molecular weight excluding hydrogens is 274 g/mol. The van der Waals surface area contributed by atoms with Gasteiger partial charge in [-0.2, -0.15) is 0 Å². The number of hydrogen-bond donors (Lipinski definition) is 2. The van der Waals surface area contributed by atoms with Crippen molar-refractivity contribution in [3.05, 3.63) is 59.7 Å². The Morgan fingerprint density at radius 3 is 2.43 bits per heavy atom. The zero-order valence-electron chi connectivity index (χ0n) is 11.6. The summed E-state index contributed by atoms with van der Waals surface area (Å²) < 4.78 is 26.0. The van der Waals surface area contributed by atoms with E-state index in [0.717, 1.165) is 35.9 Å². The number of aryl methyl sites for hydroxylation is 1. The summed E-state index contributed by atoms with van der Waals surface area (Å²) in [6.45, 7) is 2.05. The zero-order valence-corrected chi connectivity index (χ0v) is 11.6. The first-order chi connectivity index (χ1) is 10.1. The lowest BCUT2D eigenvalue weighted by Gasteiger charge is -2.11. The quantitative estimate of drug-likeness (QED) is 0.883. The Labute approximate surface area is 122 Å². The lowest BCUT2D eigenvalue weighted by Crippen LogP contribution is -2.22.